The van der Waals surface area contributed by atoms with Crippen LogP contribution in [-0.2, 0) is 4.79 Å². The van der Waals surface area contributed by atoms with Gasteiger partial charge < -0.3 is 0 Å². The van der Waals surface area contributed by atoms with Crippen molar-refractivity contribution in [1.29, 1.82) is 0 Å². The van der Waals surface area contributed by atoms with E-state index in [2.05, 4.69) is 20.8 Å². The van der Waals surface area contributed by atoms with Gasteiger partial charge in [-0.1, -0.05) is 13.8 Å². The van der Waals surface area contributed by atoms with Crippen molar-refractivity contribution in [2.24, 2.45) is 5.92 Å². The van der Waals surface area contributed by atoms with Crippen LogP contribution in [0.25, 0.3) is 0 Å². The third-order valence-electron chi connectivity index (χ3n) is 1.64. The summed E-state index contributed by atoms with van der Waals surface area (Å²) in [5.74, 6) is 0.694. The average Bonchev–Trinajstić information content (AvgIpc) is 1.86. The van der Waals surface area contributed by atoms with Crippen LogP contribution in [0.2, 0.25) is 0 Å². The van der Waals surface area contributed by atoms with E-state index in [0.717, 1.165) is 12.0 Å². The van der Waals surface area contributed by atoms with E-state index in [1.807, 2.05) is 11.4 Å². The minimum Gasteiger partial charge on any atom is -0.290 e. The molecule has 0 aliphatic rings. The largest absolute Gasteiger partial charge is 0.290 e. The van der Waals surface area contributed by atoms with Gasteiger partial charge in [-0.3, -0.25) is 4.79 Å². The molecule has 1 atom stereocenters. The highest BCUT2D eigenvalue weighted by Gasteiger charge is 2.10. The summed E-state index contributed by atoms with van der Waals surface area (Å²) < 4.78 is 1.99. The predicted molar refractivity (Wildman–Crippen MR) is 51.0 cm³/mol. The Bertz CT molecular complexity index is 117. The summed E-state index contributed by atoms with van der Waals surface area (Å²) in [5.41, 5.74) is 0.872. The van der Waals surface area contributed by atoms with Gasteiger partial charge in [0.1, 0.15) is 0 Å². The number of nitrogens with zero attached hydrogens (tertiary/aromatic N) is 1. The fraction of sp³-hybridized carbons (Fsp3) is 0.875. The molecule has 3 heteroatoms. The molecule has 1 unspecified atom stereocenters. The van der Waals surface area contributed by atoms with E-state index < -0.39 is 0 Å². The third-order valence-corrected chi connectivity index (χ3v) is 2.42. The minimum absolute atomic E-state index is 0.477. The number of carbonyl (C=O) groups is 1. The predicted octanol–water partition coefficient (Wildman–Crippen LogP) is 2.19. The standard InChI is InChI=1S/C8H17NOS/c1-7(2)5-8(3)9(4)11-6-10/h6-8H,5H2,1-4H3. The van der Waals surface area contributed by atoms with Gasteiger partial charge in [0.15, 0.2) is 5.62 Å². The van der Waals surface area contributed by atoms with Crippen molar-refractivity contribution in [3.63, 3.8) is 0 Å². The Balaban J connectivity index is 3.62. The fourth-order valence-electron chi connectivity index (χ4n) is 1.00. The SMILES string of the molecule is CC(C)CC(C)N(C)SC=O. The molecule has 0 aromatic carbocycles. The summed E-state index contributed by atoms with van der Waals surface area (Å²) in [6.45, 7) is 6.52. The zero-order valence-corrected chi connectivity index (χ0v) is 8.52. The van der Waals surface area contributed by atoms with E-state index in [1.165, 1.54) is 11.9 Å². The normalized spacial score (nSPS) is 14.0. The molecule has 0 aromatic heterocycles. The van der Waals surface area contributed by atoms with E-state index in [1.54, 1.807) is 0 Å². The Kier molecular flexibility index (Phi) is 5.60. The van der Waals surface area contributed by atoms with Crippen molar-refractivity contribution < 1.29 is 4.79 Å². The van der Waals surface area contributed by atoms with Crippen LogP contribution in [0.5, 0.6) is 0 Å². The molecule has 0 aliphatic heterocycles. The maximum Gasteiger partial charge on any atom is 0.191 e. The summed E-state index contributed by atoms with van der Waals surface area (Å²) in [6, 6.07) is 0.477. The van der Waals surface area contributed by atoms with Gasteiger partial charge in [-0.25, -0.2) is 4.31 Å². The van der Waals surface area contributed by atoms with E-state index in [-0.39, 0.29) is 0 Å². The minimum atomic E-state index is 0.477. The number of hydrogen-bond donors (Lipinski definition) is 0. The molecule has 0 rings (SSSR count). The molecule has 0 amide bonds. The molecule has 0 saturated carbocycles. The first-order valence-electron chi connectivity index (χ1n) is 3.91. The second-order valence-corrected chi connectivity index (χ2v) is 4.21. The van der Waals surface area contributed by atoms with Crippen molar-refractivity contribution in [1.82, 2.24) is 4.31 Å². The molecule has 0 spiro atoms. The van der Waals surface area contributed by atoms with Crippen LogP contribution in [0.4, 0.5) is 0 Å². The van der Waals surface area contributed by atoms with Crippen LogP contribution >= 0.6 is 11.9 Å². The van der Waals surface area contributed by atoms with Gasteiger partial charge in [0, 0.05) is 6.04 Å². The Morgan fingerprint density at radius 3 is 2.36 bits per heavy atom. The van der Waals surface area contributed by atoms with Crippen LogP contribution in [0.15, 0.2) is 0 Å². The number of hydrogen-bond acceptors (Lipinski definition) is 3. The summed E-state index contributed by atoms with van der Waals surface area (Å²) in [5, 5.41) is 0. The fourth-order valence-corrected chi connectivity index (χ4v) is 1.43. The molecular weight excluding hydrogens is 158 g/mol. The molecule has 11 heavy (non-hydrogen) atoms. The molecule has 0 aromatic rings. The van der Waals surface area contributed by atoms with Crippen molar-refractivity contribution >= 4 is 17.6 Å². The first-order chi connectivity index (χ1) is 5.07. The monoisotopic (exact) mass is 175 g/mol. The molecule has 0 heterocycles. The molecular formula is C8H17NOS. The van der Waals surface area contributed by atoms with E-state index in [0.29, 0.717) is 12.0 Å². The molecule has 2 nitrogen and oxygen atoms in total. The molecule has 0 aliphatic carbocycles. The maximum absolute atomic E-state index is 10.1. The lowest BCUT2D eigenvalue weighted by Gasteiger charge is -2.22. The summed E-state index contributed by atoms with van der Waals surface area (Å²) in [4.78, 5) is 10.1. The van der Waals surface area contributed by atoms with Crippen molar-refractivity contribution in [2.45, 2.75) is 33.2 Å². The summed E-state index contributed by atoms with van der Waals surface area (Å²) >= 11 is 1.23. The molecule has 0 saturated heterocycles. The van der Waals surface area contributed by atoms with Gasteiger partial charge in [0.25, 0.3) is 0 Å². The van der Waals surface area contributed by atoms with Crippen molar-refractivity contribution in [3.05, 3.63) is 0 Å². The van der Waals surface area contributed by atoms with Gasteiger partial charge in [-0.2, -0.15) is 0 Å². The van der Waals surface area contributed by atoms with Crippen LogP contribution in [0.3, 0.4) is 0 Å². The van der Waals surface area contributed by atoms with Gasteiger partial charge in [0.2, 0.25) is 0 Å². The molecule has 66 valence electrons. The van der Waals surface area contributed by atoms with Gasteiger partial charge in [-0.05, 0) is 38.3 Å². The summed E-state index contributed by atoms with van der Waals surface area (Å²) in [7, 11) is 1.95. The first kappa shape index (κ1) is 11.0. The van der Waals surface area contributed by atoms with Crippen LogP contribution in [0, 0.1) is 5.92 Å². The Morgan fingerprint density at radius 2 is 2.00 bits per heavy atom. The Morgan fingerprint density at radius 1 is 1.45 bits per heavy atom. The molecule has 0 N–H and O–H groups in total. The number of carbonyl (C=O) groups excluding carboxylic acids is 1. The van der Waals surface area contributed by atoms with Crippen LogP contribution in [-0.4, -0.2) is 23.0 Å². The van der Waals surface area contributed by atoms with E-state index >= 15 is 0 Å². The lowest BCUT2D eigenvalue weighted by molar-refractivity contribution is 0.367. The second-order valence-electron chi connectivity index (χ2n) is 3.23. The van der Waals surface area contributed by atoms with E-state index in [9.17, 15) is 4.79 Å². The topological polar surface area (TPSA) is 20.3 Å². The zero-order valence-electron chi connectivity index (χ0n) is 7.70. The quantitative estimate of drug-likeness (QED) is 0.472. The lowest BCUT2D eigenvalue weighted by atomic mass is 10.1. The zero-order chi connectivity index (χ0) is 8.85. The first-order valence-corrected chi connectivity index (χ1v) is 4.74. The van der Waals surface area contributed by atoms with Gasteiger partial charge >= 0.3 is 0 Å². The van der Waals surface area contributed by atoms with E-state index in [4.69, 9.17) is 0 Å². The van der Waals surface area contributed by atoms with Crippen LogP contribution in [0.1, 0.15) is 27.2 Å². The third kappa shape index (κ3) is 5.27. The Hall–Kier alpha value is -0.0200. The van der Waals surface area contributed by atoms with Crippen LogP contribution < -0.4 is 0 Å². The molecule has 0 bridgehead atoms. The maximum atomic E-state index is 10.1. The Labute approximate surface area is 73.5 Å². The van der Waals surface area contributed by atoms with Crippen molar-refractivity contribution in [3.8, 4) is 0 Å². The number of rotatable bonds is 5. The average molecular weight is 175 g/mol. The van der Waals surface area contributed by atoms with Gasteiger partial charge in [-0.15, -0.1) is 0 Å². The summed E-state index contributed by atoms with van der Waals surface area (Å²) in [6.07, 6.45) is 1.14. The molecule has 0 fully saturated rings. The highest BCUT2D eigenvalue weighted by Crippen LogP contribution is 2.14. The smallest absolute Gasteiger partial charge is 0.191 e. The molecule has 0 radical (unpaired) electrons. The lowest BCUT2D eigenvalue weighted by Crippen LogP contribution is -2.23. The highest BCUT2D eigenvalue weighted by molar-refractivity contribution is 8.09. The second kappa shape index (κ2) is 5.61. The van der Waals surface area contributed by atoms with Crippen molar-refractivity contribution in [2.75, 3.05) is 7.05 Å². The van der Waals surface area contributed by atoms with Gasteiger partial charge in [0.05, 0.1) is 0 Å². The highest BCUT2D eigenvalue weighted by atomic mass is 32.2.